The number of ether oxygens (including phenoxy) is 2. The zero-order valence-electron chi connectivity index (χ0n) is 14.8. The second-order valence-corrected chi connectivity index (χ2v) is 6.53. The quantitative estimate of drug-likeness (QED) is 0.716. The largest absolute Gasteiger partial charge is 0.347 e. The Morgan fingerprint density at radius 1 is 1.19 bits per heavy atom. The molecule has 1 aliphatic rings. The van der Waals surface area contributed by atoms with Crippen LogP contribution in [0, 0.1) is 11.3 Å². The lowest BCUT2D eigenvalue weighted by Crippen LogP contribution is -2.54. The molecule has 0 radical (unpaired) electrons. The average Bonchev–Trinajstić information content (AvgIpc) is 2.66. The molecule has 0 saturated carbocycles. The van der Waals surface area contributed by atoms with Gasteiger partial charge in [0.2, 0.25) is 5.91 Å². The van der Waals surface area contributed by atoms with Crippen molar-refractivity contribution in [3.63, 3.8) is 0 Å². The van der Waals surface area contributed by atoms with E-state index in [1.807, 2.05) is 36.4 Å². The van der Waals surface area contributed by atoms with Crippen molar-refractivity contribution >= 4 is 17.7 Å². The van der Waals surface area contributed by atoms with Gasteiger partial charge in [0.1, 0.15) is 6.04 Å². The first-order chi connectivity index (χ1) is 13.1. The monoisotopic (exact) mass is 385 g/mol. The van der Waals surface area contributed by atoms with Gasteiger partial charge in [-0.3, -0.25) is 4.79 Å². The fourth-order valence-corrected chi connectivity index (χ4v) is 3.03. The van der Waals surface area contributed by atoms with E-state index in [-0.39, 0.29) is 11.9 Å². The van der Waals surface area contributed by atoms with E-state index in [0.29, 0.717) is 12.0 Å². The molecule has 0 aliphatic carbocycles. The molecule has 0 spiro atoms. The van der Waals surface area contributed by atoms with Gasteiger partial charge >= 0.3 is 0 Å². The third-order valence-electron chi connectivity index (χ3n) is 4.38. The Hall–Kier alpha value is -2.43. The molecule has 6 nitrogen and oxygen atoms in total. The van der Waals surface area contributed by atoms with Crippen molar-refractivity contribution in [2.75, 3.05) is 0 Å². The molecule has 1 amide bonds. The number of benzene rings is 2. The summed E-state index contributed by atoms with van der Waals surface area (Å²) in [7, 11) is 0. The van der Waals surface area contributed by atoms with Gasteiger partial charge in [-0.2, -0.15) is 5.26 Å². The van der Waals surface area contributed by atoms with Gasteiger partial charge in [0.25, 0.3) is 0 Å². The Morgan fingerprint density at radius 2 is 1.85 bits per heavy atom. The van der Waals surface area contributed by atoms with Gasteiger partial charge in [0.05, 0.1) is 17.7 Å². The smallest absolute Gasteiger partial charge is 0.239 e. The van der Waals surface area contributed by atoms with Gasteiger partial charge in [-0.25, -0.2) is 4.84 Å². The first-order valence-corrected chi connectivity index (χ1v) is 9.00. The van der Waals surface area contributed by atoms with Gasteiger partial charge in [0.15, 0.2) is 12.6 Å². The van der Waals surface area contributed by atoms with Crippen molar-refractivity contribution in [3.05, 3.63) is 71.3 Å². The number of nitriles is 1. The topological polar surface area (TPSA) is 83.4 Å². The maximum Gasteiger partial charge on any atom is 0.239 e. The molecule has 27 heavy (non-hydrogen) atoms. The van der Waals surface area contributed by atoms with E-state index in [4.69, 9.17) is 21.3 Å². The number of amides is 1. The Labute approximate surface area is 163 Å². The molecule has 2 atom stereocenters. The zero-order chi connectivity index (χ0) is 19.2. The molecule has 1 heterocycles. The van der Waals surface area contributed by atoms with Crippen molar-refractivity contribution in [1.29, 1.82) is 5.26 Å². The number of nitrogens with zero attached hydrogens (tertiary/aromatic N) is 1. The fraction of sp³-hybridized carbons (Fsp3) is 0.300. The van der Waals surface area contributed by atoms with Crippen molar-refractivity contribution < 1.29 is 14.3 Å². The highest BCUT2D eigenvalue weighted by molar-refractivity contribution is 6.15. The van der Waals surface area contributed by atoms with E-state index >= 15 is 0 Å². The van der Waals surface area contributed by atoms with E-state index < -0.39 is 18.6 Å². The molecular weight excluding hydrogens is 366 g/mol. The van der Waals surface area contributed by atoms with Crippen LogP contribution in [0.4, 0.5) is 0 Å². The summed E-state index contributed by atoms with van der Waals surface area (Å²) >= 11 is 5.77. The van der Waals surface area contributed by atoms with Crippen LogP contribution < -0.4 is 10.2 Å². The van der Waals surface area contributed by atoms with Crippen LogP contribution in [0.25, 0.3) is 0 Å². The number of halogens is 1. The molecule has 3 rings (SSSR count). The third-order valence-corrected chi connectivity index (χ3v) is 4.64. The molecule has 0 unspecified atom stereocenters. The minimum Gasteiger partial charge on any atom is -0.347 e. The van der Waals surface area contributed by atoms with E-state index in [2.05, 4.69) is 16.2 Å². The van der Waals surface area contributed by atoms with Crippen molar-refractivity contribution in [2.24, 2.45) is 0 Å². The van der Waals surface area contributed by atoms with Crippen LogP contribution in [0.3, 0.4) is 0 Å². The number of hydrogen-bond donors (Lipinski definition) is 2. The number of rotatable bonds is 7. The van der Waals surface area contributed by atoms with E-state index in [1.165, 1.54) is 0 Å². The minimum atomic E-state index is -0.686. The van der Waals surface area contributed by atoms with Gasteiger partial charge in [-0.1, -0.05) is 48.5 Å². The molecule has 2 aromatic rings. The first-order valence-electron chi connectivity index (χ1n) is 8.62. The third kappa shape index (κ3) is 4.65. The summed E-state index contributed by atoms with van der Waals surface area (Å²) in [6.45, 7) is 1.80. The SMILES string of the molecule is C[C@H](NC(=O)[C@H](Cc1ccccc1C#N)NCl)C1OC(c2ccccc2)O1. The van der Waals surface area contributed by atoms with E-state index in [9.17, 15) is 10.1 Å². The lowest BCUT2D eigenvalue weighted by molar-refractivity contribution is -0.396. The Bertz CT molecular complexity index is 819. The normalized spacial score (nSPS) is 20.8. The minimum absolute atomic E-state index is 0.291. The van der Waals surface area contributed by atoms with Crippen LogP contribution in [0.2, 0.25) is 0 Å². The predicted molar refractivity (Wildman–Crippen MR) is 100 cm³/mol. The van der Waals surface area contributed by atoms with Gasteiger partial charge in [-0.05, 0) is 36.8 Å². The molecule has 1 fully saturated rings. The molecule has 2 N–H and O–H groups in total. The Morgan fingerprint density at radius 3 is 2.52 bits per heavy atom. The molecule has 2 aromatic carbocycles. The highest BCUT2D eigenvalue weighted by atomic mass is 35.5. The fourth-order valence-electron chi connectivity index (χ4n) is 2.86. The average molecular weight is 386 g/mol. The standard InChI is InChI=1S/C20H20ClN3O3/c1-13(19-26-20(27-19)14-7-3-2-4-8-14)23-18(25)17(24-21)11-15-9-5-6-10-16(15)12-22/h2-10,13,17,19-20,24H,11H2,1H3,(H,23,25)/t13-,17-,19?,20?/m0/s1. The second-order valence-electron chi connectivity index (χ2n) is 6.32. The highest BCUT2D eigenvalue weighted by Gasteiger charge is 2.37. The summed E-state index contributed by atoms with van der Waals surface area (Å²) in [6.07, 6.45) is -0.647. The lowest BCUT2D eigenvalue weighted by Gasteiger charge is -2.40. The maximum atomic E-state index is 12.5. The summed E-state index contributed by atoms with van der Waals surface area (Å²) in [5, 5.41) is 12.0. The molecular formula is C20H20ClN3O3. The second kappa shape index (κ2) is 8.98. The Kier molecular flexibility index (Phi) is 6.43. The van der Waals surface area contributed by atoms with Gasteiger partial charge in [-0.15, -0.1) is 0 Å². The zero-order valence-corrected chi connectivity index (χ0v) is 15.5. The van der Waals surface area contributed by atoms with Crippen LogP contribution in [0.5, 0.6) is 0 Å². The highest BCUT2D eigenvalue weighted by Crippen LogP contribution is 2.33. The van der Waals surface area contributed by atoms with E-state index in [1.54, 1.807) is 25.1 Å². The Balaban J connectivity index is 1.53. The molecule has 1 saturated heterocycles. The summed E-state index contributed by atoms with van der Waals surface area (Å²) in [5.41, 5.74) is 2.20. The van der Waals surface area contributed by atoms with Gasteiger partial charge in [0, 0.05) is 5.56 Å². The molecule has 7 heteroatoms. The number of hydrogen-bond acceptors (Lipinski definition) is 5. The molecule has 140 valence electrons. The summed E-state index contributed by atoms with van der Waals surface area (Å²) in [4.78, 5) is 15.0. The van der Waals surface area contributed by atoms with Crippen LogP contribution in [-0.2, 0) is 20.7 Å². The number of nitrogens with one attached hydrogen (secondary N) is 2. The van der Waals surface area contributed by atoms with Crippen LogP contribution in [0.15, 0.2) is 54.6 Å². The number of carbonyl (C=O) groups excluding carboxylic acids is 1. The summed E-state index contributed by atoms with van der Waals surface area (Å²) in [6, 6.07) is 17.8. The van der Waals surface area contributed by atoms with Gasteiger partial charge < -0.3 is 14.8 Å². The first kappa shape index (κ1) is 19.3. The van der Waals surface area contributed by atoms with Crippen molar-refractivity contribution in [3.8, 4) is 6.07 Å². The van der Waals surface area contributed by atoms with Crippen LogP contribution in [0.1, 0.15) is 29.9 Å². The molecule has 0 aromatic heterocycles. The van der Waals surface area contributed by atoms with Crippen LogP contribution >= 0.6 is 11.8 Å². The maximum absolute atomic E-state index is 12.5. The van der Waals surface area contributed by atoms with Crippen LogP contribution in [-0.4, -0.2) is 24.3 Å². The molecule has 0 bridgehead atoms. The molecule has 1 aliphatic heterocycles. The summed E-state index contributed by atoms with van der Waals surface area (Å²) in [5.74, 6) is -0.291. The van der Waals surface area contributed by atoms with E-state index in [0.717, 1.165) is 11.1 Å². The summed E-state index contributed by atoms with van der Waals surface area (Å²) < 4.78 is 11.4. The van der Waals surface area contributed by atoms with Crippen molar-refractivity contribution in [1.82, 2.24) is 10.2 Å². The van der Waals surface area contributed by atoms with Crippen molar-refractivity contribution in [2.45, 2.75) is 38.0 Å². The lowest BCUT2D eigenvalue weighted by atomic mass is 10.0. The predicted octanol–water partition coefficient (Wildman–Crippen LogP) is 2.79. The number of carbonyl (C=O) groups is 1.